The van der Waals surface area contributed by atoms with Crippen molar-refractivity contribution in [2.45, 2.75) is 367 Å². The number of nitrogens with one attached hydrogen (secondary N) is 1. The highest BCUT2D eigenvalue weighted by Crippen LogP contribution is 2.41. The predicted molar refractivity (Wildman–Crippen MR) is 393 cm³/mol. The summed E-state index contributed by atoms with van der Waals surface area (Å²) in [5.41, 5.74) is 8.36. The van der Waals surface area contributed by atoms with Crippen LogP contribution in [0.3, 0.4) is 0 Å². The molecule has 5 atom stereocenters. The monoisotopic (exact) mass is 1440 g/mol. The molecular weight excluding hydrogens is 1300 g/mol. The summed E-state index contributed by atoms with van der Waals surface area (Å²) in [5, 5.41) is 16.8. The smallest absolute Gasteiger partial charge is 0.306 e. The lowest BCUT2D eigenvalue weighted by Crippen LogP contribution is -2.31. The zero-order chi connectivity index (χ0) is 72.7. The van der Waals surface area contributed by atoms with Crippen molar-refractivity contribution in [1.29, 1.82) is 0 Å². The quantitative estimate of drug-likeness (QED) is 0.00835. The van der Waals surface area contributed by atoms with Crippen molar-refractivity contribution in [2.24, 2.45) is 5.11 Å². The first-order chi connectivity index (χ1) is 48.1. The molecule has 0 aromatic heterocycles. The van der Waals surface area contributed by atoms with Gasteiger partial charge in [-0.15, -0.1) is 0 Å². The van der Waals surface area contributed by atoms with Gasteiger partial charge >= 0.3 is 23.9 Å². The number of nitrogens with zero attached hydrogens (tertiary/aromatic N) is 3. The first-order valence-corrected chi connectivity index (χ1v) is 42.4. The molecule has 0 saturated carbocycles. The maximum atomic E-state index is 13.2. The first-order valence-electron chi connectivity index (χ1n) is 39.2. The number of ether oxygens (including phenoxy) is 4. The van der Waals surface area contributed by atoms with Crippen molar-refractivity contribution >= 4 is 45.2 Å². The molecule has 23 heteroatoms. The third-order valence-corrected chi connectivity index (χ3v) is 19.3. The van der Waals surface area contributed by atoms with E-state index in [4.69, 9.17) is 38.0 Å². The van der Waals surface area contributed by atoms with E-state index in [9.17, 15) is 48.0 Å². The molecule has 0 aromatic carbocycles. The van der Waals surface area contributed by atoms with E-state index in [1.165, 1.54) is 116 Å². The third kappa shape index (κ3) is 70.9. The van der Waals surface area contributed by atoms with Crippen molar-refractivity contribution in [3.8, 4) is 0 Å². The predicted octanol–water partition coefficient (Wildman–Crippen LogP) is 19.4. The largest absolute Gasteiger partial charge is 0.778 e. The number of carbonyl (C=O) groups is 5. The highest BCUT2D eigenvalue weighted by Gasteiger charge is 2.24. The molecule has 0 aliphatic rings. The van der Waals surface area contributed by atoms with Crippen LogP contribution in [-0.2, 0) is 65.6 Å². The minimum absolute atomic E-state index is 0.0403. The van der Waals surface area contributed by atoms with Crippen LogP contribution in [-0.4, -0.2) is 105 Å². The minimum Gasteiger partial charge on any atom is -0.778 e. The number of phosphoric ester groups is 1. The number of hydrogen-bond donors (Lipinski definition) is 2. The molecule has 1 amide bonds. The second kappa shape index (κ2) is 71.1. The van der Waals surface area contributed by atoms with E-state index in [0.717, 1.165) is 128 Å². The normalized spacial score (nSPS) is 13.8. The zero-order valence-corrected chi connectivity index (χ0v) is 63.9. The van der Waals surface area contributed by atoms with Crippen molar-refractivity contribution in [1.82, 2.24) is 5.32 Å². The Morgan fingerprint density at radius 1 is 0.424 bits per heavy atom. The molecule has 0 aliphatic carbocycles. The summed E-state index contributed by atoms with van der Waals surface area (Å²) in [5.74, 6) is -2.35. The molecule has 21 nitrogen and oxygen atoms in total. The Morgan fingerprint density at radius 2 is 0.747 bits per heavy atom. The van der Waals surface area contributed by atoms with Gasteiger partial charge in [-0.05, 0) is 128 Å². The van der Waals surface area contributed by atoms with Crippen LogP contribution in [0.25, 0.3) is 10.4 Å². The number of amides is 1. The van der Waals surface area contributed by atoms with Gasteiger partial charge in [0.15, 0.2) is 6.10 Å². The fourth-order valence-electron chi connectivity index (χ4n) is 10.9. The van der Waals surface area contributed by atoms with Crippen LogP contribution in [0.4, 0.5) is 0 Å². The second-order valence-electron chi connectivity index (χ2n) is 26.6. The van der Waals surface area contributed by atoms with Gasteiger partial charge in [-0.25, -0.2) is 0 Å². The van der Waals surface area contributed by atoms with Crippen molar-refractivity contribution in [3.63, 3.8) is 0 Å². The Morgan fingerprint density at radius 3 is 1.14 bits per heavy atom. The number of unbranched alkanes of at least 4 members (excludes halogenated alkanes) is 37. The molecule has 0 radical (unpaired) electrons. The fourth-order valence-corrected chi connectivity index (χ4v) is 12.8. The molecule has 3 unspecified atom stereocenters. The standard InChI is InChI=1S/C76H140N4O17P2/c1-4-7-10-13-16-19-22-25-28-31-34-37-40-45-50-56-73(83)91-66-70(96-75(85)58-52-46-41-38-35-32-29-26-23-20-17-14-11-8-5-2)60-63-98(87,88)93-64-69(81)65-94-99(89,90)95-68-71(67-92-74(84)57-51-48-43-44-49-55-72(82)78-61-54-62-79-80-77)97-76(86)59-53-47-42-39-36-33-30-27-24-21-18-15-12-9-6-3/h25-30,69-71,81H,4-24,31-68H2,1-3H3,(H,78,82)(H,87,88)(H,89,90)/p-2/b28-25-,29-26-,30-27-/t69?,70-,71+/m0/s1. The number of aliphatic hydroxyl groups is 1. The molecule has 0 saturated heterocycles. The topological polar surface area (TPSA) is 311 Å². The molecular formula is C76H138N4O17P2-2. The van der Waals surface area contributed by atoms with E-state index in [2.05, 4.69) is 72.6 Å². The summed E-state index contributed by atoms with van der Waals surface area (Å²) in [6.07, 6.45) is 56.0. The van der Waals surface area contributed by atoms with Gasteiger partial charge in [-0.1, -0.05) is 236 Å². The lowest BCUT2D eigenvalue weighted by molar-refractivity contribution is -0.230. The molecule has 2 N–H and O–H groups in total. The van der Waals surface area contributed by atoms with Crippen LogP contribution in [0.15, 0.2) is 41.6 Å². The Balaban J connectivity index is 5.36. The number of hydrogen-bond acceptors (Lipinski definition) is 18. The number of phosphoric acid groups is 1. The highest BCUT2D eigenvalue weighted by molar-refractivity contribution is 7.51. The van der Waals surface area contributed by atoms with Gasteiger partial charge in [-0.3, -0.25) is 28.5 Å². The Bertz CT molecular complexity index is 2200. The number of aliphatic hydroxyl groups excluding tert-OH is 1. The third-order valence-electron chi connectivity index (χ3n) is 17.0. The molecule has 576 valence electrons. The van der Waals surface area contributed by atoms with E-state index < -0.39 is 90.2 Å². The maximum absolute atomic E-state index is 13.2. The van der Waals surface area contributed by atoms with Crippen molar-refractivity contribution in [3.05, 3.63) is 46.9 Å². The van der Waals surface area contributed by atoms with E-state index in [1.54, 1.807) is 0 Å². The fraction of sp³-hybridized carbons (Fsp3) is 0.855. The van der Waals surface area contributed by atoms with Crippen LogP contribution in [0, 0.1) is 0 Å². The van der Waals surface area contributed by atoms with Crippen LogP contribution in [0.2, 0.25) is 0 Å². The Hall–Kier alpha value is -3.90. The van der Waals surface area contributed by atoms with Gasteiger partial charge in [0.25, 0.3) is 7.82 Å². The zero-order valence-electron chi connectivity index (χ0n) is 62.1. The van der Waals surface area contributed by atoms with Gasteiger partial charge in [-0.2, -0.15) is 0 Å². The van der Waals surface area contributed by atoms with Crippen LogP contribution < -0.4 is 15.1 Å². The first kappa shape index (κ1) is 95.1. The van der Waals surface area contributed by atoms with Gasteiger partial charge in [0.05, 0.1) is 19.8 Å². The molecule has 0 fully saturated rings. The molecule has 0 heterocycles. The van der Waals surface area contributed by atoms with Crippen molar-refractivity contribution in [2.75, 3.05) is 52.3 Å². The molecule has 0 aliphatic heterocycles. The van der Waals surface area contributed by atoms with Gasteiger partial charge < -0.3 is 57.3 Å². The van der Waals surface area contributed by atoms with E-state index in [0.29, 0.717) is 64.5 Å². The molecule has 0 bridgehead atoms. The molecule has 0 spiro atoms. The molecule has 99 heavy (non-hydrogen) atoms. The van der Waals surface area contributed by atoms with Crippen LogP contribution in [0.5, 0.6) is 0 Å². The highest BCUT2D eigenvalue weighted by atomic mass is 31.2. The maximum Gasteiger partial charge on any atom is 0.306 e. The lowest BCUT2D eigenvalue weighted by Gasteiger charge is -2.28. The van der Waals surface area contributed by atoms with E-state index in [1.807, 2.05) is 0 Å². The lowest BCUT2D eigenvalue weighted by atomic mass is 10.1. The number of esters is 4. The minimum atomic E-state index is -5.25. The van der Waals surface area contributed by atoms with Crippen LogP contribution >= 0.6 is 15.4 Å². The SMILES string of the molecule is CCCCCCCC/C=C\CCCCCCCC(=O)OC[C@H](CCP(=O)([O-])OCC(O)COP(=O)([O-])OC[C@@H](COC(=O)CCCCCCCC(=O)NCCCN=[N+]=[N-])OC(=O)CCCCCCC/C=C\CCCCCCCC)OC(=O)CCCCCCC/C=C\CCCCCCCC. The average Bonchev–Trinajstić information content (AvgIpc) is 0.964. The van der Waals surface area contributed by atoms with Crippen LogP contribution in [0.1, 0.15) is 348 Å². The summed E-state index contributed by atoms with van der Waals surface area (Å²) in [7, 11) is -10.0. The van der Waals surface area contributed by atoms with Gasteiger partial charge in [0.2, 0.25) is 5.91 Å². The Labute approximate surface area is 599 Å². The summed E-state index contributed by atoms with van der Waals surface area (Å²) < 4.78 is 63.2. The summed E-state index contributed by atoms with van der Waals surface area (Å²) in [6.45, 7) is 3.91. The number of rotatable bonds is 75. The molecule has 0 rings (SSSR count). The molecule has 0 aromatic rings. The van der Waals surface area contributed by atoms with E-state index >= 15 is 0 Å². The Kier molecular flexibility index (Phi) is 68.3. The summed E-state index contributed by atoms with van der Waals surface area (Å²) in [4.78, 5) is 92.5. The average molecular weight is 1440 g/mol. The summed E-state index contributed by atoms with van der Waals surface area (Å²) >= 11 is 0. The van der Waals surface area contributed by atoms with Gasteiger partial charge in [0, 0.05) is 56.3 Å². The van der Waals surface area contributed by atoms with Gasteiger partial charge in [0.1, 0.15) is 33.0 Å². The number of azide groups is 1. The van der Waals surface area contributed by atoms with Crippen molar-refractivity contribution < 1.29 is 80.5 Å². The number of allylic oxidation sites excluding steroid dienone is 6. The summed E-state index contributed by atoms with van der Waals surface area (Å²) in [6, 6.07) is 0. The second-order valence-corrected chi connectivity index (χ2v) is 30.0. The van der Waals surface area contributed by atoms with E-state index in [-0.39, 0.29) is 44.6 Å². The number of carbonyl (C=O) groups excluding carboxylic acids is 5.